The second kappa shape index (κ2) is 6.67. The summed E-state index contributed by atoms with van der Waals surface area (Å²) in [7, 11) is 0. The first-order chi connectivity index (χ1) is 9.65. The SMILES string of the molecule is CCn1ccc(C(=O)N2CCOC[C@H](CO)C2)cc1=O. The van der Waals surface area contributed by atoms with Crippen molar-refractivity contribution in [3.8, 4) is 0 Å². The third kappa shape index (κ3) is 3.26. The molecule has 0 saturated carbocycles. The average molecular weight is 280 g/mol. The molecule has 0 bridgehead atoms. The predicted molar refractivity (Wildman–Crippen MR) is 73.7 cm³/mol. The average Bonchev–Trinajstić information content (AvgIpc) is 2.71. The van der Waals surface area contributed by atoms with Crippen LogP contribution < -0.4 is 5.56 Å². The Morgan fingerprint density at radius 3 is 3.00 bits per heavy atom. The van der Waals surface area contributed by atoms with Crippen molar-refractivity contribution >= 4 is 5.91 Å². The van der Waals surface area contributed by atoms with Crippen LogP contribution in [0.15, 0.2) is 23.1 Å². The predicted octanol–water partition coefficient (Wildman–Crippen LogP) is -0.0509. The Hall–Kier alpha value is -1.66. The molecular weight excluding hydrogens is 260 g/mol. The molecule has 1 fully saturated rings. The van der Waals surface area contributed by atoms with Gasteiger partial charge in [-0.15, -0.1) is 0 Å². The normalized spacial score (nSPS) is 19.7. The molecule has 1 aromatic rings. The summed E-state index contributed by atoms with van der Waals surface area (Å²) in [5, 5.41) is 9.23. The summed E-state index contributed by atoms with van der Waals surface area (Å²) >= 11 is 0. The number of hydrogen-bond acceptors (Lipinski definition) is 4. The molecule has 110 valence electrons. The number of amides is 1. The van der Waals surface area contributed by atoms with Crippen LogP contribution in [-0.4, -0.2) is 53.4 Å². The lowest BCUT2D eigenvalue weighted by Crippen LogP contribution is -2.37. The van der Waals surface area contributed by atoms with E-state index in [2.05, 4.69) is 0 Å². The number of pyridine rings is 1. The summed E-state index contributed by atoms with van der Waals surface area (Å²) in [6, 6.07) is 3.03. The highest BCUT2D eigenvalue weighted by Crippen LogP contribution is 2.10. The minimum absolute atomic E-state index is 0.0127. The third-order valence-corrected chi connectivity index (χ3v) is 3.47. The van der Waals surface area contributed by atoms with Crippen LogP contribution in [0, 0.1) is 5.92 Å². The van der Waals surface area contributed by atoms with Crippen LogP contribution in [0.2, 0.25) is 0 Å². The van der Waals surface area contributed by atoms with Gasteiger partial charge in [0.05, 0.1) is 13.2 Å². The van der Waals surface area contributed by atoms with Crippen molar-refractivity contribution in [1.82, 2.24) is 9.47 Å². The van der Waals surface area contributed by atoms with E-state index in [-0.39, 0.29) is 24.0 Å². The van der Waals surface area contributed by atoms with Crippen molar-refractivity contribution in [1.29, 1.82) is 0 Å². The number of aryl methyl sites for hydroxylation is 1. The van der Waals surface area contributed by atoms with E-state index in [4.69, 9.17) is 4.74 Å². The fraction of sp³-hybridized carbons (Fsp3) is 0.571. The fourth-order valence-electron chi connectivity index (χ4n) is 2.26. The zero-order valence-corrected chi connectivity index (χ0v) is 11.6. The van der Waals surface area contributed by atoms with Gasteiger partial charge in [-0.1, -0.05) is 0 Å². The van der Waals surface area contributed by atoms with E-state index in [0.717, 1.165) is 0 Å². The highest BCUT2D eigenvalue weighted by Gasteiger charge is 2.23. The van der Waals surface area contributed by atoms with E-state index in [1.54, 1.807) is 21.7 Å². The molecule has 6 heteroatoms. The number of aliphatic hydroxyl groups is 1. The standard InChI is InChI=1S/C14H20N2O4/c1-2-15-4-3-12(7-13(15)18)14(19)16-5-6-20-10-11(8-16)9-17/h3-4,7,11,17H,2,5-6,8-10H2,1H3/t11-/m0/s1. The van der Waals surface area contributed by atoms with Gasteiger partial charge in [-0.2, -0.15) is 0 Å². The van der Waals surface area contributed by atoms with Crippen molar-refractivity contribution < 1.29 is 14.6 Å². The molecule has 0 spiro atoms. The second-order valence-corrected chi connectivity index (χ2v) is 4.91. The van der Waals surface area contributed by atoms with Gasteiger partial charge < -0.3 is 19.3 Å². The number of nitrogens with zero attached hydrogens (tertiary/aromatic N) is 2. The van der Waals surface area contributed by atoms with Crippen molar-refractivity contribution in [2.45, 2.75) is 13.5 Å². The number of rotatable bonds is 3. The Labute approximate surface area is 117 Å². The number of aliphatic hydroxyl groups excluding tert-OH is 1. The molecular formula is C14H20N2O4. The van der Waals surface area contributed by atoms with E-state index in [0.29, 0.717) is 38.4 Å². The molecule has 1 aliphatic rings. The smallest absolute Gasteiger partial charge is 0.254 e. The van der Waals surface area contributed by atoms with Crippen LogP contribution in [0.4, 0.5) is 0 Å². The monoisotopic (exact) mass is 280 g/mol. The number of aromatic nitrogens is 1. The van der Waals surface area contributed by atoms with Gasteiger partial charge in [0, 0.05) is 50.0 Å². The maximum atomic E-state index is 12.4. The molecule has 1 aliphatic heterocycles. The first-order valence-electron chi connectivity index (χ1n) is 6.84. The van der Waals surface area contributed by atoms with Gasteiger partial charge in [-0.05, 0) is 13.0 Å². The van der Waals surface area contributed by atoms with Gasteiger partial charge in [0.1, 0.15) is 0 Å². The zero-order valence-electron chi connectivity index (χ0n) is 11.6. The summed E-state index contributed by atoms with van der Waals surface area (Å²) in [5.74, 6) is -0.258. The lowest BCUT2D eigenvalue weighted by Gasteiger charge is -2.22. The molecule has 0 aromatic carbocycles. The largest absolute Gasteiger partial charge is 0.396 e. The Bertz CT molecular complexity index is 526. The second-order valence-electron chi connectivity index (χ2n) is 4.91. The molecule has 0 radical (unpaired) electrons. The van der Waals surface area contributed by atoms with E-state index in [1.165, 1.54) is 6.07 Å². The third-order valence-electron chi connectivity index (χ3n) is 3.47. The summed E-state index contributed by atoms with van der Waals surface area (Å²) in [5.41, 5.74) is 0.210. The summed E-state index contributed by atoms with van der Waals surface area (Å²) in [6.07, 6.45) is 1.63. The topological polar surface area (TPSA) is 71.8 Å². The Morgan fingerprint density at radius 2 is 2.35 bits per heavy atom. The lowest BCUT2D eigenvalue weighted by molar-refractivity contribution is 0.0728. The molecule has 6 nitrogen and oxygen atoms in total. The van der Waals surface area contributed by atoms with Crippen LogP contribution in [0.3, 0.4) is 0 Å². The number of hydrogen-bond donors (Lipinski definition) is 1. The van der Waals surface area contributed by atoms with Crippen molar-refractivity contribution in [2.24, 2.45) is 5.92 Å². The highest BCUT2D eigenvalue weighted by molar-refractivity contribution is 5.94. The van der Waals surface area contributed by atoms with Crippen LogP contribution in [-0.2, 0) is 11.3 Å². The van der Waals surface area contributed by atoms with Gasteiger partial charge in [0.15, 0.2) is 0 Å². The highest BCUT2D eigenvalue weighted by atomic mass is 16.5. The molecule has 1 atom stereocenters. The van der Waals surface area contributed by atoms with Crippen molar-refractivity contribution in [2.75, 3.05) is 32.9 Å². The first kappa shape index (κ1) is 14.7. The molecule has 1 aromatic heterocycles. The Kier molecular flexibility index (Phi) is 4.92. The molecule has 1 N–H and O–H groups in total. The first-order valence-corrected chi connectivity index (χ1v) is 6.84. The van der Waals surface area contributed by atoms with Gasteiger partial charge in [0.25, 0.3) is 11.5 Å². The number of carbonyl (C=O) groups excluding carboxylic acids is 1. The van der Waals surface area contributed by atoms with E-state index in [1.807, 2.05) is 6.92 Å². The number of ether oxygens (including phenoxy) is 1. The quantitative estimate of drug-likeness (QED) is 0.842. The molecule has 2 rings (SSSR count). The molecule has 2 heterocycles. The van der Waals surface area contributed by atoms with Crippen LogP contribution in [0.5, 0.6) is 0 Å². The molecule has 20 heavy (non-hydrogen) atoms. The molecule has 1 saturated heterocycles. The summed E-state index contributed by atoms with van der Waals surface area (Å²) in [6.45, 7) is 4.28. The van der Waals surface area contributed by atoms with Gasteiger partial charge in [-0.3, -0.25) is 9.59 Å². The Balaban J connectivity index is 2.17. The Morgan fingerprint density at radius 1 is 1.55 bits per heavy atom. The van der Waals surface area contributed by atoms with Crippen LogP contribution >= 0.6 is 0 Å². The van der Waals surface area contributed by atoms with E-state index in [9.17, 15) is 14.7 Å². The maximum Gasteiger partial charge on any atom is 0.254 e. The van der Waals surface area contributed by atoms with Crippen LogP contribution in [0.25, 0.3) is 0 Å². The van der Waals surface area contributed by atoms with Gasteiger partial charge in [-0.25, -0.2) is 0 Å². The van der Waals surface area contributed by atoms with E-state index >= 15 is 0 Å². The van der Waals surface area contributed by atoms with E-state index < -0.39 is 0 Å². The van der Waals surface area contributed by atoms with Gasteiger partial charge >= 0.3 is 0 Å². The molecule has 1 amide bonds. The maximum absolute atomic E-state index is 12.4. The van der Waals surface area contributed by atoms with Crippen molar-refractivity contribution in [3.63, 3.8) is 0 Å². The summed E-state index contributed by atoms with van der Waals surface area (Å²) < 4.78 is 6.90. The zero-order chi connectivity index (χ0) is 14.5. The number of carbonyl (C=O) groups is 1. The minimum atomic E-state index is -0.186. The van der Waals surface area contributed by atoms with Crippen LogP contribution in [0.1, 0.15) is 17.3 Å². The van der Waals surface area contributed by atoms with Crippen molar-refractivity contribution in [3.05, 3.63) is 34.2 Å². The fourth-order valence-corrected chi connectivity index (χ4v) is 2.26. The minimum Gasteiger partial charge on any atom is -0.396 e. The summed E-state index contributed by atoms with van der Waals surface area (Å²) in [4.78, 5) is 25.8. The van der Waals surface area contributed by atoms with Gasteiger partial charge in [0.2, 0.25) is 0 Å². The molecule has 0 unspecified atom stereocenters. The molecule has 0 aliphatic carbocycles. The lowest BCUT2D eigenvalue weighted by atomic mass is 10.1.